The molecule has 3 rings (SSSR count). The van der Waals surface area contributed by atoms with E-state index in [-0.39, 0.29) is 0 Å². The Morgan fingerprint density at radius 2 is 2.06 bits per heavy atom. The lowest BCUT2D eigenvalue weighted by Gasteiger charge is -2.11. The average Bonchev–Trinajstić information content (AvgIpc) is 2.82. The molecule has 2 aromatic rings. The molecule has 6 heteroatoms. The minimum Gasteiger partial charge on any atom is -0.325 e. The molecule has 0 atom stereocenters. The smallest absolute Gasteiger partial charge is 0.212 e. The van der Waals surface area contributed by atoms with Gasteiger partial charge in [-0.15, -0.1) is 10.2 Å². The van der Waals surface area contributed by atoms with Crippen molar-refractivity contribution in [2.45, 2.75) is 5.16 Å². The molecule has 0 spiro atoms. The van der Waals surface area contributed by atoms with E-state index in [1.54, 1.807) is 16.4 Å². The van der Waals surface area contributed by atoms with Crippen LogP contribution in [0, 0.1) is 0 Å². The van der Waals surface area contributed by atoms with E-state index in [1.165, 1.54) is 0 Å². The maximum absolute atomic E-state index is 5.62. The van der Waals surface area contributed by atoms with Crippen LogP contribution in [0.4, 0.5) is 0 Å². The summed E-state index contributed by atoms with van der Waals surface area (Å²) in [5.74, 6) is 1.56. The van der Waals surface area contributed by atoms with Gasteiger partial charge in [0.2, 0.25) is 5.16 Å². The van der Waals surface area contributed by atoms with E-state index in [4.69, 9.17) is 5.73 Å². The third-order valence-electron chi connectivity index (χ3n) is 2.49. The van der Waals surface area contributed by atoms with Crippen LogP contribution in [-0.4, -0.2) is 32.9 Å². The van der Waals surface area contributed by atoms with Crippen LogP contribution in [0.2, 0.25) is 0 Å². The molecule has 0 bridgehead atoms. The fourth-order valence-electron chi connectivity index (χ4n) is 1.63. The highest BCUT2D eigenvalue weighted by Crippen LogP contribution is 2.26. The number of thioether (sulfide) groups is 1. The molecule has 1 aromatic carbocycles. The molecule has 0 aliphatic carbocycles. The maximum atomic E-state index is 5.62. The van der Waals surface area contributed by atoms with Crippen molar-refractivity contribution in [1.29, 1.82) is 0 Å². The molecule has 1 aromatic heterocycles. The van der Waals surface area contributed by atoms with Gasteiger partial charge in [-0.3, -0.25) is 0 Å². The van der Waals surface area contributed by atoms with Gasteiger partial charge in [-0.1, -0.05) is 42.1 Å². The first-order valence-corrected chi connectivity index (χ1v) is 6.27. The van der Waals surface area contributed by atoms with Crippen LogP contribution >= 0.6 is 11.8 Å². The summed E-state index contributed by atoms with van der Waals surface area (Å²) >= 11 is 1.62. The van der Waals surface area contributed by atoms with E-state index in [1.807, 2.05) is 30.3 Å². The van der Waals surface area contributed by atoms with Gasteiger partial charge in [-0.25, -0.2) is 0 Å². The molecule has 2 N–H and O–H groups in total. The molecular formula is C11H11N5S. The summed E-state index contributed by atoms with van der Waals surface area (Å²) in [5.41, 5.74) is 7.59. The third kappa shape index (κ3) is 1.85. The van der Waals surface area contributed by atoms with Gasteiger partial charge in [0.25, 0.3) is 0 Å². The summed E-state index contributed by atoms with van der Waals surface area (Å²) in [5, 5.41) is 13.6. The fourth-order valence-corrected chi connectivity index (χ4v) is 2.45. The molecule has 1 aliphatic rings. The summed E-state index contributed by atoms with van der Waals surface area (Å²) in [4.78, 5) is 0. The Bertz CT molecular complexity index is 560. The van der Waals surface area contributed by atoms with Gasteiger partial charge in [0.05, 0.1) is 5.71 Å². The summed E-state index contributed by atoms with van der Waals surface area (Å²) < 4.78 is 1.77. The van der Waals surface area contributed by atoms with E-state index in [0.717, 1.165) is 28.0 Å². The molecule has 2 heterocycles. The van der Waals surface area contributed by atoms with Crippen molar-refractivity contribution >= 4 is 17.5 Å². The molecule has 1 aliphatic heterocycles. The van der Waals surface area contributed by atoms with Crippen molar-refractivity contribution in [3.05, 3.63) is 30.3 Å². The van der Waals surface area contributed by atoms with E-state index < -0.39 is 0 Å². The van der Waals surface area contributed by atoms with Gasteiger partial charge in [0.15, 0.2) is 5.82 Å². The molecular weight excluding hydrogens is 234 g/mol. The molecule has 0 saturated heterocycles. The summed E-state index contributed by atoms with van der Waals surface area (Å²) in [6.45, 7) is 0.471. The highest BCUT2D eigenvalue weighted by Gasteiger charge is 2.18. The predicted molar refractivity (Wildman–Crippen MR) is 68.1 cm³/mol. The topological polar surface area (TPSA) is 69.1 Å². The SMILES string of the molecule is NCC1=Nn2c(nnc2-c2ccccc2)SC1. The van der Waals surface area contributed by atoms with Gasteiger partial charge in [0.1, 0.15) is 0 Å². The molecule has 5 nitrogen and oxygen atoms in total. The minimum atomic E-state index is 0.471. The van der Waals surface area contributed by atoms with E-state index in [9.17, 15) is 0 Å². The molecule has 0 fully saturated rings. The Morgan fingerprint density at radius 3 is 2.82 bits per heavy atom. The Hall–Kier alpha value is -1.66. The number of nitrogens with zero attached hydrogens (tertiary/aromatic N) is 4. The summed E-state index contributed by atoms with van der Waals surface area (Å²) in [6.07, 6.45) is 0. The van der Waals surface area contributed by atoms with Crippen molar-refractivity contribution in [1.82, 2.24) is 14.9 Å². The van der Waals surface area contributed by atoms with Crippen molar-refractivity contribution < 1.29 is 0 Å². The van der Waals surface area contributed by atoms with E-state index >= 15 is 0 Å². The summed E-state index contributed by atoms with van der Waals surface area (Å²) in [7, 11) is 0. The number of hydrogen-bond donors (Lipinski definition) is 1. The second-order valence-corrected chi connectivity index (χ2v) is 4.59. The average molecular weight is 245 g/mol. The lowest BCUT2D eigenvalue weighted by atomic mass is 10.2. The van der Waals surface area contributed by atoms with Gasteiger partial charge >= 0.3 is 0 Å². The first-order valence-electron chi connectivity index (χ1n) is 5.29. The summed E-state index contributed by atoms with van der Waals surface area (Å²) in [6, 6.07) is 9.91. The lowest BCUT2D eigenvalue weighted by molar-refractivity contribution is 0.759. The van der Waals surface area contributed by atoms with Crippen LogP contribution in [0.15, 0.2) is 40.6 Å². The van der Waals surface area contributed by atoms with Crippen molar-refractivity contribution in [3.8, 4) is 11.4 Å². The Balaban J connectivity index is 2.10. The molecule has 0 unspecified atom stereocenters. The Labute approximate surface area is 103 Å². The van der Waals surface area contributed by atoms with Crippen LogP contribution in [-0.2, 0) is 0 Å². The highest BCUT2D eigenvalue weighted by atomic mass is 32.2. The van der Waals surface area contributed by atoms with Gasteiger partial charge in [-0.2, -0.15) is 9.78 Å². The monoisotopic (exact) mass is 245 g/mol. The number of hydrogen-bond acceptors (Lipinski definition) is 5. The molecule has 0 radical (unpaired) electrons. The minimum absolute atomic E-state index is 0.471. The number of rotatable bonds is 2. The molecule has 0 amide bonds. The largest absolute Gasteiger partial charge is 0.325 e. The van der Waals surface area contributed by atoms with Gasteiger partial charge in [-0.05, 0) is 0 Å². The number of aromatic nitrogens is 3. The first-order chi connectivity index (χ1) is 8.38. The van der Waals surface area contributed by atoms with Crippen molar-refractivity contribution in [2.75, 3.05) is 12.3 Å². The predicted octanol–water partition coefficient (Wildman–Crippen LogP) is 1.21. The Kier molecular flexibility index (Phi) is 2.66. The fraction of sp³-hybridized carbons (Fsp3) is 0.182. The standard InChI is InChI=1S/C11H11N5S/c12-6-9-7-17-11-14-13-10(16(11)15-9)8-4-2-1-3-5-8/h1-5H,6-7,12H2. The highest BCUT2D eigenvalue weighted by molar-refractivity contribution is 7.99. The van der Waals surface area contributed by atoms with Crippen molar-refractivity contribution in [3.63, 3.8) is 0 Å². The van der Waals surface area contributed by atoms with Gasteiger partial charge in [0, 0.05) is 17.9 Å². The quantitative estimate of drug-likeness (QED) is 0.863. The third-order valence-corrected chi connectivity index (χ3v) is 3.48. The van der Waals surface area contributed by atoms with Crippen molar-refractivity contribution in [2.24, 2.45) is 10.8 Å². The number of nitrogens with two attached hydrogens (primary N) is 1. The number of benzene rings is 1. The second kappa shape index (κ2) is 4.31. The van der Waals surface area contributed by atoms with Crippen LogP contribution in [0.3, 0.4) is 0 Å². The molecule has 86 valence electrons. The van der Waals surface area contributed by atoms with Gasteiger partial charge < -0.3 is 5.73 Å². The van der Waals surface area contributed by atoms with Crippen LogP contribution in [0.5, 0.6) is 0 Å². The van der Waals surface area contributed by atoms with E-state index in [0.29, 0.717) is 6.54 Å². The maximum Gasteiger partial charge on any atom is 0.212 e. The van der Waals surface area contributed by atoms with Crippen LogP contribution in [0.1, 0.15) is 0 Å². The first kappa shape index (κ1) is 10.5. The van der Waals surface area contributed by atoms with E-state index in [2.05, 4.69) is 15.3 Å². The number of fused-ring (bicyclic) bond motifs is 1. The molecule has 17 heavy (non-hydrogen) atoms. The lowest BCUT2D eigenvalue weighted by Crippen LogP contribution is -2.21. The van der Waals surface area contributed by atoms with Crippen LogP contribution < -0.4 is 5.73 Å². The second-order valence-electron chi connectivity index (χ2n) is 3.64. The zero-order valence-electron chi connectivity index (χ0n) is 9.08. The Morgan fingerprint density at radius 1 is 1.24 bits per heavy atom. The zero-order chi connectivity index (χ0) is 11.7. The normalized spacial score (nSPS) is 14.3. The zero-order valence-corrected chi connectivity index (χ0v) is 9.89. The molecule has 0 saturated carbocycles. The van der Waals surface area contributed by atoms with Crippen LogP contribution in [0.25, 0.3) is 11.4 Å².